The van der Waals surface area contributed by atoms with Crippen LogP contribution in [0.1, 0.15) is 62.8 Å². The van der Waals surface area contributed by atoms with Crippen LogP contribution in [0.5, 0.6) is 11.8 Å². The highest BCUT2D eigenvalue weighted by Crippen LogP contribution is 2.42. The summed E-state index contributed by atoms with van der Waals surface area (Å²) in [5.41, 5.74) is 5.86. The van der Waals surface area contributed by atoms with Crippen molar-refractivity contribution in [1.29, 1.82) is 0 Å². The van der Waals surface area contributed by atoms with Gasteiger partial charge in [-0.3, -0.25) is 9.97 Å². The quantitative estimate of drug-likeness (QED) is 0.148. The van der Waals surface area contributed by atoms with E-state index in [1.165, 1.54) is 51.4 Å². The van der Waals surface area contributed by atoms with Crippen LogP contribution in [0.2, 0.25) is 10.0 Å². The van der Waals surface area contributed by atoms with E-state index in [0.717, 1.165) is 58.6 Å². The lowest BCUT2D eigenvalue weighted by Gasteiger charge is -2.15. The molecule has 0 atom stereocenters. The van der Waals surface area contributed by atoms with Gasteiger partial charge in [0.1, 0.15) is 11.4 Å². The number of methoxy groups -OCH3 is 2. The Morgan fingerprint density at radius 1 is 0.630 bits per heavy atom. The maximum atomic E-state index is 7.07. The van der Waals surface area contributed by atoms with Crippen molar-refractivity contribution in [3.63, 3.8) is 0 Å². The van der Waals surface area contributed by atoms with Gasteiger partial charge in [0.2, 0.25) is 11.8 Å². The number of rotatable bonds is 13. The third kappa shape index (κ3) is 7.46. The largest absolute Gasteiger partial charge is 0.480 e. The number of hydrogen-bond donors (Lipinski definition) is 2. The zero-order chi connectivity index (χ0) is 31.9. The smallest absolute Gasteiger partial charge is 0.237 e. The average molecular weight is 662 g/mol. The van der Waals surface area contributed by atoms with Crippen LogP contribution in [0, 0.1) is 11.8 Å². The molecule has 2 fully saturated rings. The second-order valence-corrected chi connectivity index (χ2v) is 13.1. The van der Waals surface area contributed by atoms with Crippen molar-refractivity contribution >= 4 is 23.2 Å². The lowest BCUT2D eigenvalue weighted by molar-refractivity contribution is 0.385. The molecule has 0 radical (unpaired) electrons. The highest BCUT2D eigenvalue weighted by atomic mass is 35.5. The lowest BCUT2D eigenvalue weighted by atomic mass is 9.98. The third-order valence-electron chi connectivity index (χ3n) is 9.25. The lowest BCUT2D eigenvalue weighted by Crippen LogP contribution is -2.21. The number of aromatic nitrogens is 4. The molecule has 0 aliphatic heterocycles. The standard InChI is InChI=1S/C36H42Cl2N6O2/c1-45-35-31(19-39-17-23-9-3-4-10-23)41-21-29(43-35)27-15-7-13-25(33(27)37)26-14-8-16-28(34(26)38)30-22-42-32(36(44-30)46-2)20-40-18-24-11-5-6-12-24/h7-8,13-16,21-24,39-40H,3-6,9-12,17-20H2,1-2H3. The van der Waals surface area contributed by atoms with Crippen LogP contribution in [0.4, 0.5) is 0 Å². The molecule has 0 unspecified atom stereocenters. The summed E-state index contributed by atoms with van der Waals surface area (Å²) in [5.74, 6) is 2.46. The van der Waals surface area contributed by atoms with Crippen molar-refractivity contribution in [3.8, 4) is 45.4 Å². The van der Waals surface area contributed by atoms with Gasteiger partial charge in [-0.25, -0.2) is 9.97 Å². The topological polar surface area (TPSA) is 94.1 Å². The van der Waals surface area contributed by atoms with Gasteiger partial charge >= 0.3 is 0 Å². The average Bonchev–Trinajstić information content (AvgIpc) is 3.81. The van der Waals surface area contributed by atoms with Gasteiger partial charge in [0.25, 0.3) is 0 Å². The van der Waals surface area contributed by atoms with E-state index in [9.17, 15) is 0 Å². The van der Waals surface area contributed by atoms with E-state index in [4.69, 9.17) is 52.6 Å². The SMILES string of the molecule is COc1nc(-c2cccc(-c3cccc(-c4cnc(CNCC5CCCC5)c(OC)n4)c3Cl)c2Cl)cnc1CNCC1CCCC1. The van der Waals surface area contributed by atoms with Gasteiger partial charge < -0.3 is 20.1 Å². The monoisotopic (exact) mass is 660 g/mol. The summed E-state index contributed by atoms with van der Waals surface area (Å²) >= 11 is 14.1. The third-order valence-corrected chi connectivity index (χ3v) is 10.1. The number of ether oxygens (including phenoxy) is 2. The molecule has 4 aromatic rings. The summed E-state index contributed by atoms with van der Waals surface area (Å²) in [6.45, 7) is 3.18. The van der Waals surface area contributed by atoms with Crippen LogP contribution in [0.15, 0.2) is 48.8 Å². The minimum absolute atomic E-state index is 0.489. The minimum Gasteiger partial charge on any atom is -0.480 e. The van der Waals surface area contributed by atoms with Crippen LogP contribution in [0.3, 0.4) is 0 Å². The molecule has 2 aromatic heterocycles. The number of halogens is 2. The summed E-state index contributed by atoms with van der Waals surface area (Å²) < 4.78 is 11.3. The molecular weight excluding hydrogens is 619 g/mol. The van der Waals surface area contributed by atoms with Crippen molar-refractivity contribution in [1.82, 2.24) is 30.6 Å². The molecule has 0 bridgehead atoms. The summed E-state index contributed by atoms with van der Waals surface area (Å²) in [4.78, 5) is 19.0. The first-order valence-electron chi connectivity index (χ1n) is 16.3. The fraction of sp³-hybridized carbons (Fsp3) is 0.444. The predicted molar refractivity (Wildman–Crippen MR) is 184 cm³/mol. The van der Waals surface area contributed by atoms with Crippen molar-refractivity contribution in [2.45, 2.75) is 64.5 Å². The summed E-state index contributed by atoms with van der Waals surface area (Å²) in [7, 11) is 3.24. The van der Waals surface area contributed by atoms with Crippen LogP contribution < -0.4 is 20.1 Å². The Morgan fingerprint density at radius 2 is 1.02 bits per heavy atom. The summed E-state index contributed by atoms with van der Waals surface area (Å²) in [6.07, 6.45) is 14.0. The van der Waals surface area contributed by atoms with Gasteiger partial charge in [0.05, 0.1) is 48.0 Å². The molecule has 8 nitrogen and oxygen atoms in total. The maximum Gasteiger partial charge on any atom is 0.237 e. The van der Waals surface area contributed by atoms with E-state index in [1.807, 2.05) is 36.4 Å². The normalized spacial score (nSPS) is 15.5. The molecule has 10 heteroatoms. The molecule has 2 aliphatic rings. The first kappa shape index (κ1) is 32.6. The zero-order valence-corrected chi connectivity index (χ0v) is 28.1. The molecule has 2 aromatic carbocycles. The Balaban J connectivity index is 1.22. The Morgan fingerprint density at radius 3 is 1.41 bits per heavy atom. The number of nitrogens with one attached hydrogen (secondary N) is 2. The Bertz CT molecular complexity index is 1520. The predicted octanol–water partition coefficient (Wildman–Crippen LogP) is 8.15. The highest BCUT2D eigenvalue weighted by Gasteiger charge is 2.20. The van der Waals surface area contributed by atoms with Gasteiger partial charge in [-0.05, 0) is 50.6 Å². The van der Waals surface area contributed by atoms with Gasteiger partial charge in [-0.15, -0.1) is 0 Å². The van der Waals surface area contributed by atoms with E-state index in [1.54, 1.807) is 26.6 Å². The second-order valence-electron chi connectivity index (χ2n) is 12.3. The highest BCUT2D eigenvalue weighted by molar-refractivity contribution is 6.39. The minimum atomic E-state index is 0.489. The van der Waals surface area contributed by atoms with Crippen LogP contribution in [-0.2, 0) is 13.1 Å². The molecular formula is C36H42Cl2N6O2. The second kappa shape index (κ2) is 15.5. The zero-order valence-electron chi connectivity index (χ0n) is 26.6. The van der Waals surface area contributed by atoms with E-state index < -0.39 is 0 Å². The van der Waals surface area contributed by atoms with Gasteiger partial charge in [-0.2, -0.15) is 0 Å². The molecule has 2 N–H and O–H groups in total. The number of nitrogens with zero attached hydrogens (tertiary/aromatic N) is 4. The molecule has 6 rings (SSSR count). The molecule has 2 heterocycles. The van der Waals surface area contributed by atoms with Crippen LogP contribution in [-0.4, -0.2) is 47.2 Å². The maximum absolute atomic E-state index is 7.07. The fourth-order valence-electron chi connectivity index (χ4n) is 6.72. The molecule has 0 spiro atoms. The Hall–Kier alpha value is -3.30. The van der Waals surface area contributed by atoms with Crippen molar-refractivity contribution in [2.75, 3.05) is 27.3 Å². The molecule has 0 amide bonds. The first-order chi connectivity index (χ1) is 22.6. The molecule has 46 heavy (non-hydrogen) atoms. The molecule has 242 valence electrons. The van der Waals surface area contributed by atoms with Gasteiger partial charge in [0.15, 0.2) is 0 Å². The number of benzene rings is 2. The van der Waals surface area contributed by atoms with Gasteiger partial charge in [-0.1, -0.05) is 85.3 Å². The van der Waals surface area contributed by atoms with E-state index >= 15 is 0 Å². The van der Waals surface area contributed by atoms with Crippen molar-refractivity contribution in [3.05, 3.63) is 70.2 Å². The van der Waals surface area contributed by atoms with Crippen LogP contribution in [0.25, 0.3) is 33.6 Å². The van der Waals surface area contributed by atoms with Gasteiger partial charge in [0, 0.05) is 35.3 Å². The van der Waals surface area contributed by atoms with E-state index in [-0.39, 0.29) is 0 Å². The van der Waals surface area contributed by atoms with E-state index in [0.29, 0.717) is 46.3 Å². The Kier molecular flexibility index (Phi) is 11.0. The van der Waals surface area contributed by atoms with E-state index in [2.05, 4.69) is 10.6 Å². The van der Waals surface area contributed by atoms with Crippen LogP contribution >= 0.6 is 23.2 Å². The Labute approximate surface area is 281 Å². The fourth-order valence-corrected chi connectivity index (χ4v) is 7.37. The molecule has 0 saturated heterocycles. The molecule has 2 aliphatic carbocycles. The molecule has 2 saturated carbocycles. The summed E-state index contributed by atoms with van der Waals surface area (Å²) in [5, 5.41) is 8.11. The first-order valence-corrected chi connectivity index (χ1v) is 17.1. The van der Waals surface area contributed by atoms with Crippen molar-refractivity contribution < 1.29 is 9.47 Å². The summed E-state index contributed by atoms with van der Waals surface area (Å²) in [6, 6.07) is 11.7. The number of hydrogen-bond acceptors (Lipinski definition) is 8. The van der Waals surface area contributed by atoms with Crippen molar-refractivity contribution in [2.24, 2.45) is 11.8 Å².